The van der Waals surface area contributed by atoms with Gasteiger partial charge in [-0.1, -0.05) is 13.3 Å². The van der Waals surface area contributed by atoms with E-state index in [0.29, 0.717) is 11.8 Å². The fraction of sp³-hybridized carbons (Fsp3) is 1.00. The van der Waals surface area contributed by atoms with E-state index in [9.17, 15) is 4.39 Å². The molecule has 0 aromatic heterocycles. The second-order valence-corrected chi connectivity index (χ2v) is 3.30. The summed E-state index contributed by atoms with van der Waals surface area (Å²) < 4.78 is 12.3. The van der Waals surface area contributed by atoms with Gasteiger partial charge in [0.15, 0.2) is 0 Å². The van der Waals surface area contributed by atoms with Crippen molar-refractivity contribution in [2.75, 3.05) is 26.8 Å². The molecule has 1 saturated heterocycles. The SMILES string of the molecule is CCC1CN(C)CC1CF. The fourth-order valence-electron chi connectivity index (χ4n) is 1.81. The van der Waals surface area contributed by atoms with Crippen molar-refractivity contribution in [3.63, 3.8) is 0 Å². The lowest BCUT2D eigenvalue weighted by molar-refractivity contribution is 0.306. The van der Waals surface area contributed by atoms with Crippen LogP contribution in [-0.4, -0.2) is 31.7 Å². The normalized spacial score (nSPS) is 35.1. The van der Waals surface area contributed by atoms with Gasteiger partial charge < -0.3 is 4.90 Å². The number of halogens is 1. The second kappa shape index (κ2) is 3.33. The first-order chi connectivity index (χ1) is 4.77. The number of likely N-dealkylation sites (tertiary alicyclic amines) is 1. The van der Waals surface area contributed by atoms with Gasteiger partial charge in [0.1, 0.15) is 0 Å². The van der Waals surface area contributed by atoms with Crippen molar-refractivity contribution >= 4 is 0 Å². The van der Waals surface area contributed by atoms with Crippen molar-refractivity contribution in [2.24, 2.45) is 11.8 Å². The molecule has 10 heavy (non-hydrogen) atoms. The molecule has 0 spiro atoms. The predicted molar refractivity (Wildman–Crippen MR) is 40.7 cm³/mol. The van der Waals surface area contributed by atoms with Gasteiger partial charge in [0.2, 0.25) is 0 Å². The quantitative estimate of drug-likeness (QED) is 0.569. The smallest absolute Gasteiger partial charge is 0.0937 e. The monoisotopic (exact) mass is 145 g/mol. The first-order valence-corrected chi connectivity index (χ1v) is 4.02. The molecule has 0 N–H and O–H groups in total. The molecule has 0 aromatic carbocycles. The van der Waals surface area contributed by atoms with Gasteiger partial charge in [-0.05, 0) is 13.0 Å². The molecule has 1 aliphatic rings. The molecule has 0 aliphatic carbocycles. The summed E-state index contributed by atoms with van der Waals surface area (Å²) in [5.41, 5.74) is 0. The highest BCUT2D eigenvalue weighted by Gasteiger charge is 2.28. The van der Waals surface area contributed by atoms with Gasteiger partial charge in [0.25, 0.3) is 0 Å². The zero-order chi connectivity index (χ0) is 7.56. The van der Waals surface area contributed by atoms with E-state index in [2.05, 4.69) is 18.9 Å². The molecule has 2 atom stereocenters. The van der Waals surface area contributed by atoms with Crippen LogP contribution in [0.4, 0.5) is 4.39 Å². The van der Waals surface area contributed by atoms with Gasteiger partial charge in [0.05, 0.1) is 6.67 Å². The summed E-state index contributed by atoms with van der Waals surface area (Å²) in [6.07, 6.45) is 1.12. The van der Waals surface area contributed by atoms with Crippen molar-refractivity contribution in [3.05, 3.63) is 0 Å². The summed E-state index contributed by atoms with van der Waals surface area (Å²) in [5, 5.41) is 0. The molecule has 1 aliphatic heterocycles. The number of alkyl halides is 1. The third-order valence-corrected chi connectivity index (χ3v) is 2.48. The van der Waals surface area contributed by atoms with Gasteiger partial charge in [-0.2, -0.15) is 0 Å². The Labute approximate surface area is 62.2 Å². The number of hydrogen-bond donors (Lipinski definition) is 0. The largest absolute Gasteiger partial charge is 0.306 e. The third kappa shape index (κ3) is 1.48. The Morgan fingerprint density at radius 3 is 2.40 bits per heavy atom. The summed E-state index contributed by atoms with van der Waals surface area (Å²) in [6.45, 7) is 4.05. The fourth-order valence-corrected chi connectivity index (χ4v) is 1.81. The predicted octanol–water partition coefficient (Wildman–Crippen LogP) is 1.54. The van der Waals surface area contributed by atoms with Gasteiger partial charge in [-0.3, -0.25) is 4.39 Å². The number of nitrogens with zero attached hydrogens (tertiary/aromatic N) is 1. The number of hydrogen-bond acceptors (Lipinski definition) is 1. The molecule has 0 bridgehead atoms. The molecular weight excluding hydrogens is 129 g/mol. The minimum Gasteiger partial charge on any atom is -0.306 e. The van der Waals surface area contributed by atoms with E-state index in [1.165, 1.54) is 0 Å². The van der Waals surface area contributed by atoms with Gasteiger partial charge >= 0.3 is 0 Å². The molecule has 0 aromatic rings. The molecule has 0 radical (unpaired) electrons. The molecule has 1 fully saturated rings. The van der Waals surface area contributed by atoms with Gasteiger partial charge in [0, 0.05) is 19.0 Å². The van der Waals surface area contributed by atoms with Crippen LogP contribution < -0.4 is 0 Å². The number of rotatable bonds is 2. The topological polar surface area (TPSA) is 3.24 Å². The van der Waals surface area contributed by atoms with Crippen molar-refractivity contribution in [1.29, 1.82) is 0 Å². The van der Waals surface area contributed by atoms with Crippen molar-refractivity contribution in [3.8, 4) is 0 Å². The first-order valence-electron chi connectivity index (χ1n) is 4.02. The minimum atomic E-state index is -0.136. The van der Waals surface area contributed by atoms with Crippen molar-refractivity contribution < 1.29 is 4.39 Å². The van der Waals surface area contributed by atoms with Crippen LogP contribution in [0, 0.1) is 11.8 Å². The Hall–Kier alpha value is -0.110. The van der Waals surface area contributed by atoms with E-state index in [0.717, 1.165) is 19.5 Å². The standard InChI is InChI=1S/C8H16FN/c1-3-7-5-10(2)6-8(7)4-9/h7-8H,3-6H2,1-2H3. The first kappa shape index (κ1) is 7.99. The lowest BCUT2D eigenvalue weighted by Gasteiger charge is -2.10. The van der Waals surface area contributed by atoms with Crippen molar-refractivity contribution in [2.45, 2.75) is 13.3 Å². The van der Waals surface area contributed by atoms with Crippen LogP contribution in [0.15, 0.2) is 0 Å². The molecule has 2 unspecified atom stereocenters. The molecule has 0 amide bonds. The van der Waals surface area contributed by atoms with Crippen LogP contribution in [0.3, 0.4) is 0 Å². The van der Waals surface area contributed by atoms with Gasteiger partial charge in [-0.25, -0.2) is 0 Å². The van der Waals surface area contributed by atoms with E-state index in [1.54, 1.807) is 0 Å². The summed E-state index contributed by atoms with van der Waals surface area (Å²) in [6, 6.07) is 0. The maximum Gasteiger partial charge on any atom is 0.0937 e. The Morgan fingerprint density at radius 2 is 2.00 bits per heavy atom. The van der Waals surface area contributed by atoms with Crippen molar-refractivity contribution in [1.82, 2.24) is 4.90 Å². The van der Waals surface area contributed by atoms with Crippen LogP contribution >= 0.6 is 0 Å². The van der Waals surface area contributed by atoms with E-state index >= 15 is 0 Å². The van der Waals surface area contributed by atoms with Crippen LogP contribution in [0.25, 0.3) is 0 Å². The Kier molecular flexibility index (Phi) is 2.66. The summed E-state index contributed by atoms with van der Waals surface area (Å²) in [7, 11) is 2.07. The van der Waals surface area contributed by atoms with E-state index in [1.807, 2.05) is 0 Å². The lowest BCUT2D eigenvalue weighted by atomic mass is 9.95. The minimum absolute atomic E-state index is 0.136. The van der Waals surface area contributed by atoms with Gasteiger partial charge in [-0.15, -0.1) is 0 Å². The molecule has 2 heteroatoms. The zero-order valence-electron chi connectivity index (χ0n) is 6.81. The maximum atomic E-state index is 12.3. The average Bonchev–Trinajstić information content (AvgIpc) is 2.30. The molecule has 1 rings (SSSR count). The highest BCUT2D eigenvalue weighted by molar-refractivity contribution is 4.80. The molecular formula is C8H16FN. The average molecular weight is 145 g/mol. The Bertz CT molecular complexity index is 93.4. The zero-order valence-corrected chi connectivity index (χ0v) is 6.81. The lowest BCUT2D eigenvalue weighted by Crippen LogP contribution is -2.14. The summed E-state index contributed by atoms with van der Waals surface area (Å²) in [4.78, 5) is 2.22. The second-order valence-electron chi connectivity index (χ2n) is 3.30. The molecule has 60 valence electrons. The Balaban J connectivity index is 2.41. The Morgan fingerprint density at radius 1 is 1.40 bits per heavy atom. The molecule has 0 saturated carbocycles. The highest BCUT2D eigenvalue weighted by atomic mass is 19.1. The van der Waals surface area contributed by atoms with E-state index < -0.39 is 0 Å². The summed E-state index contributed by atoms with van der Waals surface area (Å²) in [5.74, 6) is 0.921. The van der Waals surface area contributed by atoms with E-state index in [4.69, 9.17) is 0 Å². The van der Waals surface area contributed by atoms with Crippen LogP contribution in [0.5, 0.6) is 0 Å². The van der Waals surface area contributed by atoms with Crippen LogP contribution in [0.2, 0.25) is 0 Å². The highest BCUT2D eigenvalue weighted by Crippen LogP contribution is 2.24. The maximum absolute atomic E-state index is 12.3. The van der Waals surface area contributed by atoms with E-state index in [-0.39, 0.29) is 6.67 Å². The van der Waals surface area contributed by atoms with Crippen LogP contribution in [0.1, 0.15) is 13.3 Å². The molecule has 1 heterocycles. The molecule has 1 nitrogen and oxygen atoms in total. The summed E-state index contributed by atoms with van der Waals surface area (Å²) >= 11 is 0. The third-order valence-electron chi connectivity index (χ3n) is 2.48. The van der Waals surface area contributed by atoms with Crippen LogP contribution in [-0.2, 0) is 0 Å².